The maximum Gasteiger partial charge on any atom is 0.244 e. The first kappa shape index (κ1) is 29.5. The second-order valence-corrected chi connectivity index (χ2v) is 11.7. The number of carbonyl (C=O) groups is 2. The highest BCUT2D eigenvalue weighted by Crippen LogP contribution is 2.31. The monoisotopic (exact) mass is 575 g/mol. The number of nitrogens with zero attached hydrogens (tertiary/aromatic N) is 2. The number of hydrogen-bond acceptors (Lipinski definition) is 4. The Morgan fingerprint density at radius 1 is 0.974 bits per heavy atom. The molecule has 0 bridgehead atoms. The van der Waals surface area contributed by atoms with Gasteiger partial charge in [0.15, 0.2) is 0 Å². The molecule has 3 rings (SSSR count). The second kappa shape index (κ2) is 13.1. The van der Waals surface area contributed by atoms with Crippen LogP contribution in [-0.4, -0.2) is 50.5 Å². The number of nitrogens with one attached hydrogen (secondary N) is 1. The third-order valence-electron chi connectivity index (χ3n) is 6.08. The fourth-order valence-corrected chi connectivity index (χ4v) is 5.38. The van der Waals surface area contributed by atoms with Gasteiger partial charge in [0.25, 0.3) is 0 Å². The molecule has 0 aliphatic carbocycles. The van der Waals surface area contributed by atoms with Crippen LogP contribution in [0.3, 0.4) is 0 Å². The van der Waals surface area contributed by atoms with E-state index in [1.54, 1.807) is 6.92 Å². The summed E-state index contributed by atoms with van der Waals surface area (Å²) in [7, 11) is -3.94. The van der Waals surface area contributed by atoms with Crippen LogP contribution in [0, 0.1) is 6.92 Å². The first-order chi connectivity index (χ1) is 18.0. The summed E-state index contributed by atoms with van der Waals surface area (Å²) in [6.45, 7) is 3.66. The van der Waals surface area contributed by atoms with Crippen LogP contribution in [0.25, 0.3) is 0 Å². The van der Waals surface area contributed by atoms with Gasteiger partial charge in [-0.05, 0) is 48.7 Å². The van der Waals surface area contributed by atoms with E-state index in [9.17, 15) is 18.0 Å². The summed E-state index contributed by atoms with van der Waals surface area (Å²) in [6.07, 6.45) is 1.25. The molecular formula is C28H31Cl2N3O4S. The Labute approximate surface area is 234 Å². The van der Waals surface area contributed by atoms with Gasteiger partial charge in [-0.1, -0.05) is 77.8 Å². The van der Waals surface area contributed by atoms with E-state index in [0.717, 1.165) is 27.3 Å². The maximum absolute atomic E-state index is 14.0. The third-order valence-corrected chi connectivity index (χ3v) is 7.76. The number of sulfonamides is 1. The zero-order valence-corrected chi connectivity index (χ0v) is 23.9. The highest BCUT2D eigenvalue weighted by Gasteiger charge is 2.33. The van der Waals surface area contributed by atoms with Crippen molar-refractivity contribution in [2.75, 3.05) is 23.7 Å². The molecule has 0 saturated heterocycles. The first-order valence-corrected chi connectivity index (χ1v) is 14.7. The van der Waals surface area contributed by atoms with Crippen molar-refractivity contribution in [1.82, 2.24) is 10.2 Å². The average Bonchev–Trinajstić information content (AvgIpc) is 2.87. The Morgan fingerprint density at radius 2 is 1.63 bits per heavy atom. The van der Waals surface area contributed by atoms with Crippen molar-refractivity contribution in [2.24, 2.45) is 0 Å². The van der Waals surface area contributed by atoms with E-state index in [4.69, 9.17) is 23.2 Å². The van der Waals surface area contributed by atoms with E-state index in [2.05, 4.69) is 5.32 Å². The summed E-state index contributed by atoms with van der Waals surface area (Å²) in [6, 6.07) is 20.4. The summed E-state index contributed by atoms with van der Waals surface area (Å²) in [5, 5.41) is 3.23. The fraction of sp³-hybridized carbons (Fsp3) is 0.286. The van der Waals surface area contributed by atoms with Crippen LogP contribution in [-0.2, 0) is 32.6 Å². The summed E-state index contributed by atoms with van der Waals surface area (Å²) < 4.78 is 26.6. The van der Waals surface area contributed by atoms with Gasteiger partial charge < -0.3 is 10.2 Å². The minimum atomic E-state index is -3.94. The van der Waals surface area contributed by atoms with Crippen LogP contribution < -0.4 is 9.62 Å². The van der Waals surface area contributed by atoms with Crippen LogP contribution in [0.4, 0.5) is 5.69 Å². The Bertz CT molecular complexity index is 1380. The quantitative estimate of drug-likeness (QED) is 0.354. The Kier molecular flexibility index (Phi) is 10.2. The number of hydrogen-bond donors (Lipinski definition) is 1. The van der Waals surface area contributed by atoms with E-state index >= 15 is 0 Å². The minimum Gasteiger partial charge on any atom is -0.355 e. The van der Waals surface area contributed by atoms with E-state index in [1.165, 1.54) is 23.1 Å². The number of amides is 2. The van der Waals surface area contributed by atoms with Crippen molar-refractivity contribution in [1.29, 1.82) is 0 Å². The highest BCUT2D eigenvalue weighted by atomic mass is 35.5. The number of carbonyl (C=O) groups excluding carboxylic acids is 2. The zero-order valence-electron chi connectivity index (χ0n) is 21.5. The van der Waals surface area contributed by atoms with Gasteiger partial charge in [0.05, 0.1) is 17.0 Å². The normalized spacial score (nSPS) is 12.0. The lowest BCUT2D eigenvalue weighted by Crippen LogP contribution is -2.53. The lowest BCUT2D eigenvalue weighted by Gasteiger charge is -2.34. The van der Waals surface area contributed by atoms with Gasteiger partial charge >= 0.3 is 0 Å². The largest absolute Gasteiger partial charge is 0.355 e. The second-order valence-electron chi connectivity index (χ2n) is 8.91. The summed E-state index contributed by atoms with van der Waals surface area (Å²) in [5.74, 6) is -0.883. The van der Waals surface area contributed by atoms with Gasteiger partial charge in [-0.3, -0.25) is 13.9 Å². The van der Waals surface area contributed by atoms with Gasteiger partial charge in [-0.15, -0.1) is 0 Å². The van der Waals surface area contributed by atoms with Gasteiger partial charge in [0.2, 0.25) is 21.8 Å². The van der Waals surface area contributed by atoms with Crippen LogP contribution in [0.2, 0.25) is 10.0 Å². The van der Waals surface area contributed by atoms with Crippen molar-refractivity contribution < 1.29 is 18.0 Å². The number of benzene rings is 3. The molecule has 0 aliphatic heterocycles. The van der Waals surface area contributed by atoms with E-state index in [1.807, 2.05) is 61.5 Å². The smallest absolute Gasteiger partial charge is 0.244 e. The topological polar surface area (TPSA) is 86.8 Å². The minimum absolute atomic E-state index is 0.0866. The molecule has 0 saturated carbocycles. The van der Waals surface area contributed by atoms with E-state index in [0.29, 0.717) is 6.54 Å². The number of likely N-dealkylation sites (N-methyl/N-ethyl adjacent to an activating group) is 1. The molecule has 0 fully saturated rings. The van der Waals surface area contributed by atoms with Crippen LogP contribution in [0.1, 0.15) is 23.6 Å². The van der Waals surface area contributed by atoms with Crippen molar-refractivity contribution in [3.05, 3.63) is 99.5 Å². The number of rotatable bonds is 11. The van der Waals surface area contributed by atoms with Gasteiger partial charge in [-0.25, -0.2) is 8.42 Å². The van der Waals surface area contributed by atoms with Crippen LogP contribution >= 0.6 is 23.2 Å². The molecule has 1 atom stereocenters. The zero-order chi connectivity index (χ0) is 27.9. The predicted octanol–water partition coefficient (Wildman–Crippen LogP) is 4.84. The van der Waals surface area contributed by atoms with Crippen molar-refractivity contribution >= 4 is 50.7 Å². The average molecular weight is 577 g/mol. The maximum atomic E-state index is 14.0. The molecule has 0 radical (unpaired) electrons. The molecule has 0 unspecified atom stereocenters. The van der Waals surface area contributed by atoms with Gasteiger partial charge in [0, 0.05) is 24.5 Å². The molecule has 0 aromatic heterocycles. The predicted molar refractivity (Wildman–Crippen MR) is 153 cm³/mol. The first-order valence-electron chi connectivity index (χ1n) is 12.1. The highest BCUT2D eigenvalue weighted by molar-refractivity contribution is 7.92. The van der Waals surface area contributed by atoms with Gasteiger partial charge in [-0.2, -0.15) is 0 Å². The molecule has 3 aromatic carbocycles. The number of aryl methyl sites for hydroxylation is 1. The standard InChI is InChI=1S/C28H31Cl2N3O4S/c1-4-31-28(35)26(16-21-11-6-5-7-12-21)32(18-22-13-9-8-10-20(22)2)27(34)19-33(38(3,36)37)25-17-23(29)14-15-24(25)30/h5-15,17,26H,4,16,18-19H2,1-3H3,(H,31,35)/t26-/m0/s1. The summed E-state index contributed by atoms with van der Waals surface area (Å²) in [4.78, 5) is 28.8. The fourth-order valence-electron chi connectivity index (χ4n) is 4.09. The summed E-state index contributed by atoms with van der Waals surface area (Å²) >= 11 is 12.4. The van der Waals surface area contributed by atoms with Crippen molar-refractivity contribution in [2.45, 2.75) is 32.9 Å². The number of halogens is 2. The van der Waals surface area contributed by atoms with Gasteiger partial charge in [0.1, 0.15) is 12.6 Å². The molecular weight excluding hydrogens is 545 g/mol. The molecule has 0 heterocycles. The Balaban J connectivity index is 2.08. The molecule has 38 heavy (non-hydrogen) atoms. The van der Waals surface area contributed by atoms with E-state index in [-0.39, 0.29) is 34.6 Å². The SMILES string of the molecule is CCNC(=O)[C@H](Cc1ccccc1)N(Cc1ccccc1C)C(=O)CN(c1cc(Cl)ccc1Cl)S(C)(=O)=O. The van der Waals surface area contributed by atoms with Crippen molar-refractivity contribution in [3.63, 3.8) is 0 Å². The number of anilines is 1. The van der Waals surface area contributed by atoms with Crippen LogP contribution in [0.15, 0.2) is 72.8 Å². The third kappa shape index (κ3) is 7.72. The molecule has 3 aromatic rings. The lowest BCUT2D eigenvalue weighted by atomic mass is 10.0. The molecule has 2 amide bonds. The Hall–Kier alpha value is -3.07. The molecule has 10 heteroatoms. The molecule has 0 spiro atoms. The molecule has 1 N–H and O–H groups in total. The van der Waals surface area contributed by atoms with Crippen molar-refractivity contribution in [3.8, 4) is 0 Å². The molecule has 0 aliphatic rings. The molecule has 202 valence electrons. The Morgan fingerprint density at radius 3 is 2.26 bits per heavy atom. The lowest BCUT2D eigenvalue weighted by molar-refractivity contribution is -0.140. The van der Waals surface area contributed by atoms with Crippen LogP contribution in [0.5, 0.6) is 0 Å². The summed E-state index contributed by atoms with van der Waals surface area (Å²) in [5.41, 5.74) is 2.74. The van der Waals surface area contributed by atoms with E-state index < -0.39 is 28.5 Å². The molecule has 7 nitrogen and oxygen atoms in total.